The van der Waals surface area contributed by atoms with Gasteiger partial charge in [-0.2, -0.15) is 0 Å². The highest BCUT2D eigenvalue weighted by Crippen LogP contribution is 2.44. The van der Waals surface area contributed by atoms with Crippen LogP contribution in [0.25, 0.3) is 5.57 Å². The normalized spacial score (nSPS) is 12.3. The molecule has 0 aliphatic carbocycles. The summed E-state index contributed by atoms with van der Waals surface area (Å²) in [7, 11) is 7.38. The number of carboxylic acid groups (broad SMARTS) is 1. The number of carbonyl (C=O) groups excluding carboxylic acids is 1. The van der Waals surface area contributed by atoms with Gasteiger partial charge >= 0.3 is 5.97 Å². The number of ether oxygens (including phenoxy) is 7. The van der Waals surface area contributed by atoms with Crippen molar-refractivity contribution >= 4 is 17.3 Å². The number of allylic oxidation sites excluding steroid dienone is 1. The molecule has 10 heteroatoms. The molecule has 1 heterocycles. The minimum Gasteiger partial charge on any atom is -0.497 e. The lowest BCUT2D eigenvalue weighted by Gasteiger charge is -2.17. The molecular weight excluding hydrogens is 508 g/mol. The van der Waals surface area contributed by atoms with E-state index in [-0.39, 0.29) is 41.2 Å². The van der Waals surface area contributed by atoms with Crippen LogP contribution in [-0.4, -0.2) is 59.2 Å². The summed E-state index contributed by atoms with van der Waals surface area (Å²) in [6.07, 6.45) is -0.0695. The Bertz CT molecular complexity index is 1400. The number of Topliss-reactive ketones (excluding diaryl/α,β-unsaturated/α-hetero) is 1. The van der Waals surface area contributed by atoms with Crippen molar-refractivity contribution in [3.05, 3.63) is 70.8 Å². The Hall–Kier alpha value is -4.86. The molecule has 0 saturated carbocycles. The molecule has 39 heavy (non-hydrogen) atoms. The summed E-state index contributed by atoms with van der Waals surface area (Å²) in [5.74, 6) is 0.819. The van der Waals surface area contributed by atoms with E-state index < -0.39 is 11.8 Å². The molecule has 0 aromatic heterocycles. The Labute approximate surface area is 225 Å². The molecule has 0 saturated heterocycles. The largest absolute Gasteiger partial charge is 0.497 e. The third-order valence-electron chi connectivity index (χ3n) is 6.19. The molecule has 0 spiro atoms. The average molecular weight is 537 g/mol. The first-order chi connectivity index (χ1) is 18.8. The third kappa shape index (κ3) is 5.40. The minimum absolute atomic E-state index is 0.0165. The second kappa shape index (κ2) is 11.7. The number of ketones is 1. The lowest BCUT2D eigenvalue weighted by molar-refractivity contribution is -0.130. The maximum absolute atomic E-state index is 14.0. The highest BCUT2D eigenvalue weighted by atomic mass is 16.7. The zero-order valence-electron chi connectivity index (χ0n) is 22.2. The molecule has 3 aromatic carbocycles. The lowest BCUT2D eigenvalue weighted by Crippen LogP contribution is -2.14. The number of rotatable bonds is 11. The fraction of sp³-hybridized carbons (Fsp3) is 0.241. The van der Waals surface area contributed by atoms with E-state index in [1.54, 1.807) is 36.4 Å². The first-order valence-corrected chi connectivity index (χ1v) is 11.8. The molecule has 0 atom stereocenters. The second-order valence-electron chi connectivity index (χ2n) is 8.34. The van der Waals surface area contributed by atoms with Gasteiger partial charge in [0.25, 0.3) is 0 Å². The van der Waals surface area contributed by atoms with E-state index in [4.69, 9.17) is 33.2 Å². The molecule has 10 nitrogen and oxygen atoms in total. The van der Waals surface area contributed by atoms with Crippen molar-refractivity contribution in [1.82, 2.24) is 0 Å². The van der Waals surface area contributed by atoms with Crippen LogP contribution < -0.4 is 33.2 Å². The number of hydrogen-bond donors (Lipinski definition) is 1. The molecule has 0 fully saturated rings. The molecular formula is C29H28O10. The van der Waals surface area contributed by atoms with E-state index in [1.165, 1.54) is 47.7 Å². The maximum Gasteiger partial charge on any atom is 0.336 e. The summed E-state index contributed by atoms with van der Waals surface area (Å²) in [5.41, 5.74) is 0.856. The van der Waals surface area contributed by atoms with Crippen LogP contribution >= 0.6 is 0 Å². The van der Waals surface area contributed by atoms with Gasteiger partial charge in [-0.1, -0.05) is 0 Å². The van der Waals surface area contributed by atoms with Crippen LogP contribution in [0, 0.1) is 0 Å². The van der Waals surface area contributed by atoms with Gasteiger partial charge < -0.3 is 38.3 Å². The Morgan fingerprint density at radius 2 is 1.41 bits per heavy atom. The third-order valence-corrected chi connectivity index (χ3v) is 6.19. The number of benzene rings is 3. The lowest BCUT2D eigenvalue weighted by atomic mass is 9.89. The Kier molecular flexibility index (Phi) is 8.14. The van der Waals surface area contributed by atoms with Crippen LogP contribution in [0.5, 0.6) is 40.2 Å². The summed E-state index contributed by atoms with van der Waals surface area (Å²) < 4.78 is 37.9. The van der Waals surface area contributed by atoms with Crippen molar-refractivity contribution in [1.29, 1.82) is 0 Å². The van der Waals surface area contributed by atoms with Gasteiger partial charge in [0.2, 0.25) is 18.3 Å². The number of methoxy groups -OCH3 is 5. The number of carbonyl (C=O) groups is 2. The second-order valence-corrected chi connectivity index (χ2v) is 8.34. The van der Waals surface area contributed by atoms with Gasteiger partial charge in [-0.3, -0.25) is 4.79 Å². The fourth-order valence-corrected chi connectivity index (χ4v) is 4.34. The van der Waals surface area contributed by atoms with Gasteiger partial charge in [0.05, 0.1) is 41.1 Å². The van der Waals surface area contributed by atoms with Crippen molar-refractivity contribution < 1.29 is 47.9 Å². The average Bonchev–Trinajstić information content (AvgIpc) is 3.44. The van der Waals surface area contributed by atoms with E-state index in [0.717, 1.165) is 0 Å². The molecule has 1 aliphatic heterocycles. The van der Waals surface area contributed by atoms with Crippen LogP contribution in [0.3, 0.4) is 0 Å². The quantitative estimate of drug-likeness (QED) is 0.279. The van der Waals surface area contributed by atoms with Crippen LogP contribution in [0.15, 0.2) is 54.1 Å². The number of carboxylic acids is 1. The summed E-state index contributed by atoms with van der Waals surface area (Å²) in [4.78, 5) is 26.8. The summed E-state index contributed by atoms with van der Waals surface area (Å²) in [5, 5.41) is 10.4. The molecule has 1 N–H and O–H groups in total. The molecule has 0 unspecified atom stereocenters. The van der Waals surface area contributed by atoms with Crippen molar-refractivity contribution in [2.24, 2.45) is 0 Å². The fourth-order valence-electron chi connectivity index (χ4n) is 4.34. The highest BCUT2D eigenvalue weighted by Gasteiger charge is 2.28. The summed E-state index contributed by atoms with van der Waals surface area (Å²) in [6.45, 7) is -0.0374. The standard InChI is InChI=1S/C29H28O10/c1-33-19-8-6-17(7-9-19)26(30)20(10-16-11-21(34-2)27(37-5)22(12-16)35-3)25(29(31)32)18-13-23(36-4)28-24(14-18)38-15-39-28/h6-9,11-14H,10,15H2,1-5H3,(H,31,32)/b25-20+. The van der Waals surface area contributed by atoms with Crippen LogP contribution in [0.1, 0.15) is 21.5 Å². The molecule has 1 aliphatic rings. The molecule has 204 valence electrons. The van der Waals surface area contributed by atoms with Gasteiger partial charge in [-0.05, 0) is 59.7 Å². The Morgan fingerprint density at radius 1 is 0.769 bits per heavy atom. The van der Waals surface area contributed by atoms with E-state index >= 15 is 0 Å². The summed E-state index contributed by atoms with van der Waals surface area (Å²) >= 11 is 0. The summed E-state index contributed by atoms with van der Waals surface area (Å²) in [6, 6.07) is 12.8. The zero-order valence-corrected chi connectivity index (χ0v) is 22.2. The monoisotopic (exact) mass is 536 g/mol. The van der Waals surface area contributed by atoms with Gasteiger partial charge in [-0.25, -0.2) is 4.79 Å². The molecule has 3 aromatic rings. The number of aliphatic carboxylic acids is 1. The van der Waals surface area contributed by atoms with E-state index in [0.29, 0.717) is 40.1 Å². The Morgan fingerprint density at radius 3 is 1.95 bits per heavy atom. The predicted molar refractivity (Wildman–Crippen MR) is 141 cm³/mol. The van der Waals surface area contributed by atoms with Crippen LogP contribution in [-0.2, 0) is 11.2 Å². The topological polar surface area (TPSA) is 119 Å². The maximum atomic E-state index is 14.0. The van der Waals surface area contributed by atoms with Gasteiger partial charge in [0, 0.05) is 17.6 Å². The molecule has 0 bridgehead atoms. The van der Waals surface area contributed by atoms with Crippen LogP contribution in [0.4, 0.5) is 0 Å². The van der Waals surface area contributed by atoms with E-state index in [2.05, 4.69) is 0 Å². The van der Waals surface area contributed by atoms with Crippen molar-refractivity contribution in [3.8, 4) is 40.2 Å². The molecule has 0 amide bonds. The van der Waals surface area contributed by atoms with Crippen molar-refractivity contribution in [2.75, 3.05) is 42.3 Å². The first kappa shape index (κ1) is 27.2. The number of hydrogen-bond acceptors (Lipinski definition) is 9. The van der Waals surface area contributed by atoms with E-state index in [1.807, 2.05) is 0 Å². The Balaban J connectivity index is 1.95. The van der Waals surface area contributed by atoms with Gasteiger partial charge in [0.15, 0.2) is 28.8 Å². The highest BCUT2D eigenvalue weighted by molar-refractivity contribution is 6.26. The van der Waals surface area contributed by atoms with Crippen molar-refractivity contribution in [3.63, 3.8) is 0 Å². The van der Waals surface area contributed by atoms with Gasteiger partial charge in [0.1, 0.15) is 5.75 Å². The van der Waals surface area contributed by atoms with E-state index in [9.17, 15) is 14.7 Å². The molecule has 4 rings (SSSR count). The smallest absolute Gasteiger partial charge is 0.336 e. The SMILES string of the molecule is COc1ccc(C(=O)/C(Cc2cc(OC)c(OC)c(OC)c2)=C(/C(=O)O)c2cc(OC)c3c(c2)OCO3)cc1. The minimum atomic E-state index is -1.31. The zero-order chi connectivity index (χ0) is 28.1. The van der Waals surface area contributed by atoms with Crippen LogP contribution in [0.2, 0.25) is 0 Å². The van der Waals surface area contributed by atoms with Gasteiger partial charge in [-0.15, -0.1) is 0 Å². The first-order valence-electron chi connectivity index (χ1n) is 11.8. The predicted octanol–water partition coefficient (Wildman–Crippen LogP) is 4.42. The molecule has 0 radical (unpaired) electrons. The van der Waals surface area contributed by atoms with Crippen molar-refractivity contribution in [2.45, 2.75) is 6.42 Å². The number of fused-ring (bicyclic) bond motifs is 1.